The van der Waals surface area contributed by atoms with Crippen LogP contribution in [-0.4, -0.2) is 23.7 Å². The molecule has 0 spiro atoms. The Balaban J connectivity index is 3.33. The first-order valence-corrected chi connectivity index (χ1v) is 6.60. The van der Waals surface area contributed by atoms with Crippen LogP contribution in [0.3, 0.4) is 0 Å². The third-order valence-electron chi connectivity index (χ3n) is 3.48. The van der Waals surface area contributed by atoms with Gasteiger partial charge in [-0.25, -0.2) is 8.78 Å². The minimum atomic E-state index is -1.95. The van der Waals surface area contributed by atoms with Gasteiger partial charge in [0.05, 0.1) is 6.61 Å². The van der Waals surface area contributed by atoms with Crippen molar-refractivity contribution in [1.82, 2.24) is 0 Å². The lowest BCUT2D eigenvalue weighted by atomic mass is 9.72. The van der Waals surface area contributed by atoms with Gasteiger partial charge in [0, 0.05) is 6.42 Å². The van der Waals surface area contributed by atoms with Crippen LogP contribution in [0.25, 0.3) is 0 Å². The van der Waals surface area contributed by atoms with Crippen molar-refractivity contribution >= 4 is 11.9 Å². The van der Waals surface area contributed by atoms with E-state index in [4.69, 9.17) is 4.74 Å². The molecule has 1 atom stereocenters. The number of benzene rings is 1. The highest BCUT2D eigenvalue weighted by Gasteiger charge is 2.51. The van der Waals surface area contributed by atoms with Crippen LogP contribution in [0.15, 0.2) is 18.2 Å². The van der Waals surface area contributed by atoms with E-state index in [1.807, 2.05) is 0 Å². The molecule has 0 aliphatic heterocycles. The summed E-state index contributed by atoms with van der Waals surface area (Å²) in [6.07, 6.45) is -0.470. The fourth-order valence-electron chi connectivity index (χ4n) is 2.16. The molecule has 0 bridgehead atoms. The van der Waals surface area contributed by atoms with Gasteiger partial charge in [-0.1, -0.05) is 13.8 Å². The monoisotopic (exact) mass is 300 g/mol. The summed E-state index contributed by atoms with van der Waals surface area (Å²) in [5.41, 5.74) is -2.12. The summed E-state index contributed by atoms with van der Waals surface area (Å²) in [6, 6.07) is 2.73. The molecule has 1 rings (SSSR count). The van der Waals surface area contributed by atoms with Gasteiger partial charge < -0.3 is 9.84 Å². The number of carboxylic acids is 1. The average Bonchev–Trinajstić information content (AvgIpc) is 2.39. The Morgan fingerprint density at radius 2 is 1.95 bits per heavy atom. The van der Waals surface area contributed by atoms with Crippen LogP contribution in [0.5, 0.6) is 0 Å². The fourth-order valence-corrected chi connectivity index (χ4v) is 2.16. The summed E-state index contributed by atoms with van der Waals surface area (Å²) in [7, 11) is 0. The second kappa shape index (κ2) is 6.65. The Kier molecular flexibility index (Phi) is 5.41. The van der Waals surface area contributed by atoms with Crippen molar-refractivity contribution in [3.05, 3.63) is 35.4 Å². The van der Waals surface area contributed by atoms with Gasteiger partial charge in [-0.15, -0.1) is 0 Å². The van der Waals surface area contributed by atoms with Gasteiger partial charge in [0.15, 0.2) is 5.41 Å². The standard InChI is InChI=1S/C15H18F2O4/c1-4-21-14(20)15(9(2)3,13(18)19)8-10-7-11(16)5-6-12(10)17/h5-7,9H,4,8H2,1-3H3,(H,18,19). The van der Waals surface area contributed by atoms with E-state index in [0.29, 0.717) is 0 Å². The van der Waals surface area contributed by atoms with E-state index in [-0.39, 0.29) is 12.2 Å². The molecule has 4 nitrogen and oxygen atoms in total. The number of carbonyl (C=O) groups is 2. The topological polar surface area (TPSA) is 63.6 Å². The first kappa shape index (κ1) is 17.1. The zero-order valence-electron chi connectivity index (χ0n) is 12.2. The number of rotatable bonds is 6. The summed E-state index contributed by atoms with van der Waals surface area (Å²) in [5.74, 6) is -4.47. The van der Waals surface area contributed by atoms with Gasteiger partial charge in [0.2, 0.25) is 0 Å². The quantitative estimate of drug-likeness (QED) is 0.648. The maximum Gasteiger partial charge on any atom is 0.324 e. The van der Waals surface area contributed by atoms with Crippen LogP contribution in [0.2, 0.25) is 0 Å². The molecule has 0 heterocycles. The molecule has 0 saturated carbocycles. The van der Waals surface area contributed by atoms with Crippen LogP contribution in [0.1, 0.15) is 26.3 Å². The summed E-state index contributed by atoms with van der Waals surface area (Å²) in [5, 5.41) is 9.50. The normalized spacial score (nSPS) is 13.8. The highest BCUT2D eigenvalue weighted by molar-refractivity contribution is 5.99. The Labute approximate surface area is 121 Å². The van der Waals surface area contributed by atoms with Gasteiger partial charge in [-0.2, -0.15) is 0 Å². The fraction of sp³-hybridized carbons (Fsp3) is 0.467. The molecule has 0 radical (unpaired) electrons. The van der Waals surface area contributed by atoms with Gasteiger partial charge in [0.1, 0.15) is 11.6 Å². The molecule has 0 aromatic heterocycles. The molecule has 6 heteroatoms. The van der Waals surface area contributed by atoms with E-state index in [9.17, 15) is 23.5 Å². The zero-order chi connectivity index (χ0) is 16.2. The van der Waals surface area contributed by atoms with E-state index < -0.39 is 41.3 Å². The molecule has 0 aliphatic rings. The van der Waals surface area contributed by atoms with E-state index in [2.05, 4.69) is 0 Å². The first-order chi connectivity index (χ1) is 9.75. The van der Waals surface area contributed by atoms with Gasteiger partial charge in [0.25, 0.3) is 0 Å². The molecule has 1 N–H and O–H groups in total. The van der Waals surface area contributed by atoms with Crippen LogP contribution in [0.4, 0.5) is 8.78 Å². The minimum absolute atomic E-state index is 0.00617. The van der Waals surface area contributed by atoms with E-state index >= 15 is 0 Å². The minimum Gasteiger partial charge on any atom is -0.480 e. The molecule has 0 saturated heterocycles. The molecular formula is C15H18F2O4. The van der Waals surface area contributed by atoms with Crippen molar-refractivity contribution in [2.24, 2.45) is 11.3 Å². The van der Waals surface area contributed by atoms with E-state index in [1.165, 1.54) is 13.8 Å². The van der Waals surface area contributed by atoms with Crippen LogP contribution >= 0.6 is 0 Å². The molecule has 0 aliphatic carbocycles. The Morgan fingerprint density at radius 3 is 2.43 bits per heavy atom. The van der Waals surface area contributed by atoms with E-state index in [0.717, 1.165) is 18.2 Å². The zero-order valence-corrected chi connectivity index (χ0v) is 12.2. The van der Waals surface area contributed by atoms with Crippen LogP contribution in [0, 0.1) is 23.0 Å². The molecule has 1 aromatic rings. The molecule has 21 heavy (non-hydrogen) atoms. The Bertz CT molecular complexity index is 542. The lowest BCUT2D eigenvalue weighted by molar-refractivity contribution is -0.172. The lowest BCUT2D eigenvalue weighted by Crippen LogP contribution is -2.47. The molecule has 1 unspecified atom stereocenters. The second-order valence-electron chi connectivity index (χ2n) is 5.06. The summed E-state index contributed by atoms with van der Waals surface area (Å²) in [4.78, 5) is 23.8. The molecule has 0 fully saturated rings. The largest absolute Gasteiger partial charge is 0.480 e. The van der Waals surface area contributed by atoms with Crippen molar-refractivity contribution in [3.63, 3.8) is 0 Å². The first-order valence-electron chi connectivity index (χ1n) is 6.60. The number of halogens is 2. The highest BCUT2D eigenvalue weighted by atomic mass is 19.1. The number of esters is 1. The summed E-state index contributed by atoms with van der Waals surface area (Å²) < 4.78 is 31.8. The second-order valence-corrected chi connectivity index (χ2v) is 5.06. The van der Waals surface area contributed by atoms with E-state index in [1.54, 1.807) is 6.92 Å². The third-order valence-corrected chi connectivity index (χ3v) is 3.48. The number of ether oxygens (including phenoxy) is 1. The SMILES string of the molecule is CCOC(=O)C(Cc1cc(F)ccc1F)(C(=O)O)C(C)C. The molecule has 0 amide bonds. The van der Waals surface area contributed by atoms with Crippen molar-refractivity contribution < 1.29 is 28.2 Å². The number of aliphatic carboxylic acids is 1. The van der Waals surface area contributed by atoms with Crippen LogP contribution < -0.4 is 0 Å². The third kappa shape index (κ3) is 3.37. The molecule has 116 valence electrons. The van der Waals surface area contributed by atoms with Crippen molar-refractivity contribution in [2.45, 2.75) is 27.2 Å². The maximum absolute atomic E-state index is 13.8. The summed E-state index contributed by atoms with van der Waals surface area (Å²) >= 11 is 0. The number of hydrogen-bond acceptors (Lipinski definition) is 3. The smallest absolute Gasteiger partial charge is 0.324 e. The van der Waals surface area contributed by atoms with Crippen molar-refractivity contribution in [1.29, 1.82) is 0 Å². The van der Waals surface area contributed by atoms with Crippen molar-refractivity contribution in [3.8, 4) is 0 Å². The Morgan fingerprint density at radius 1 is 1.33 bits per heavy atom. The maximum atomic E-state index is 13.8. The number of hydrogen-bond donors (Lipinski definition) is 1. The molecular weight excluding hydrogens is 282 g/mol. The predicted molar refractivity (Wildman–Crippen MR) is 71.6 cm³/mol. The van der Waals surface area contributed by atoms with Crippen LogP contribution in [-0.2, 0) is 20.7 Å². The number of carboxylic acid groups (broad SMARTS) is 1. The number of carbonyl (C=O) groups excluding carboxylic acids is 1. The van der Waals surface area contributed by atoms with Gasteiger partial charge >= 0.3 is 11.9 Å². The summed E-state index contributed by atoms with van der Waals surface area (Å²) in [6.45, 7) is 4.62. The molecule has 1 aromatic carbocycles. The van der Waals surface area contributed by atoms with Gasteiger partial charge in [-0.3, -0.25) is 9.59 Å². The average molecular weight is 300 g/mol. The predicted octanol–water partition coefficient (Wildman–Crippen LogP) is 2.80. The van der Waals surface area contributed by atoms with Crippen molar-refractivity contribution in [2.75, 3.05) is 6.61 Å². The highest BCUT2D eigenvalue weighted by Crippen LogP contribution is 2.35. The lowest BCUT2D eigenvalue weighted by Gasteiger charge is -2.31. The Hall–Kier alpha value is -1.98. The van der Waals surface area contributed by atoms with Gasteiger partial charge in [-0.05, 0) is 36.6 Å².